The molecule has 3 rings (SSSR count). The molecule has 1 amide bonds. The minimum absolute atomic E-state index is 0.0644. The minimum Gasteiger partial charge on any atom is -0.468 e. The number of amides is 1. The summed E-state index contributed by atoms with van der Waals surface area (Å²) in [6, 6.07) is 4.13. The van der Waals surface area contributed by atoms with Crippen molar-refractivity contribution in [2.24, 2.45) is 10.9 Å². The Morgan fingerprint density at radius 3 is 2.68 bits per heavy atom. The molecule has 1 aromatic heterocycles. The van der Waals surface area contributed by atoms with Gasteiger partial charge in [-0.05, 0) is 49.8 Å². The standard InChI is InChI=1S/C19H24N2O3S/c1-12-8-13(2)18-15(9-12)21(11-17(23)24-3)19(25-18)20-16(22)10-14-6-4-5-7-14/h8-9,14H,4-7,10-11H2,1-3H3. The summed E-state index contributed by atoms with van der Waals surface area (Å²) in [6.07, 6.45) is 5.16. The molecule has 134 valence electrons. The Kier molecular flexibility index (Phi) is 5.37. The number of carbonyl (C=O) groups excluding carboxylic acids is 2. The van der Waals surface area contributed by atoms with Crippen molar-refractivity contribution >= 4 is 33.4 Å². The van der Waals surface area contributed by atoms with Crippen LogP contribution in [0.4, 0.5) is 0 Å². The maximum atomic E-state index is 12.4. The quantitative estimate of drug-likeness (QED) is 0.784. The lowest BCUT2D eigenvalue weighted by Crippen LogP contribution is -2.22. The molecule has 1 heterocycles. The molecule has 0 bridgehead atoms. The van der Waals surface area contributed by atoms with Crippen LogP contribution in [0.1, 0.15) is 43.2 Å². The van der Waals surface area contributed by atoms with E-state index in [1.807, 2.05) is 19.9 Å². The third-order valence-corrected chi connectivity index (χ3v) is 6.02. The van der Waals surface area contributed by atoms with E-state index in [-0.39, 0.29) is 18.4 Å². The number of hydrogen-bond donors (Lipinski definition) is 0. The molecule has 1 fully saturated rings. The predicted molar refractivity (Wildman–Crippen MR) is 98.5 cm³/mol. The fourth-order valence-electron chi connectivity index (χ4n) is 3.56. The molecular formula is C19H24N2O3S. The first-order chi connectivity index (χ1) is 12.0. The second kappa shape index (κ2) is 7.52. The van der Waals surface area contributed by atoms with Gasteiger partial charge in [-0.3, -0.25) is 9.59 Å². The van der Waals surface area contributed by atoms with Gasteiger partial charge >= 0.3 is 5.97 Å². The van der Waals surface area contributed by atoms with E-state index in [0.717, 1.165) is 34.2 Å². The fraction of sp³-hybridized carbons (Fsp3) is 0.526. The van der Waals surface area contributed by atoms with Crippen LogP contribution in [0, 0.1) is 19.8 Å². The van der Waals surface area contributed by atoms with Gasteiger partial charge in [0, 0.05) is 6.42 Å². The van der Waals surface area contributed by atoms with E-state index in [0.29, 0.717) is 17.1 Å². The van der Waals surface area contributed by atoms with Crippen LogP contribution >= 0.6 is 11.3 Å². The highest BCUT2D eigenvalue weighted by Gasteiger charge is 2.19. The first kappa shape index (κ1) is 17.9. The second-order valence-electron chi connectivity index (χ2n) is 6.84. The van der Waals surface area contributed by atoms with Crippen molar-refractivity contribution in [2.45, 2.75) is 52.5 Å². The number of hydrogen-bond acceptors (Lipinski definition) is 4. The number of aryl methyl sites for hydroxylation is 2. The molecule has 0 saturated heterocycles. The highest BCUT2D eigenvalue weighted by Crippen LogP contribution is 2.28. The number of rotatable bonds is 4. The largest absolute Gasteiger partial charge is 0.468 e. The topological polar surface area (TPSA) is 60.7 Å². The lowest BCUT2D eigenvalue weighted by molar-refractivity contribution is -0.141. The van der Waals surface area contributed by atoms with E-state index in [4.69, 9.17) is 4.74 Å². The van der Waals surface area contributed by atoms with Gasteiger partial charge in [-0.2, -0.15) is 4.99 Å². The summed E-state index contributed by atoms with van der Waals surface area (Å²) in [5, 5.41) is 0. The highest BCUT2D eigenvalue weighted by atomic mass is 32.1. The van der Waals surface area contributed by atoms with Crippen molar-refractivity contribution < 1.29 is 14.3 Å². The van der Waals surface area contributed by atoms with E-state index in [1.165, 1.54) is 31.3 Å². The maximum absolute atomic E-state index is 12.4. The third kappa shape index (κ3) is 4.00. The SMILES string of the molecule is COC(=O)Cn1c(=NC(=O)CC2CCCC2)sc2c(C)cc(C)cc21. The number of carbonyl (C=O) groups is 2. The first-order valence-corrected chi connectivity index (χ1v) is 9.54. The molecule has 6 heteroatoms. The van der Waals surface area contributed by atoms with Crippen LogP contribution in [0.25, 0.3) is 10.2 Å². The summed E-state index contributed by atoms with van der Waals surface area (Å²) in [7, 11) is 1.37. The Morgan fingerprint density at radius 2 is 2.00 bits per heavy atom. The maximum Gasteiger partial charge on any atom is 0.325 e. The number of fused-ring (bicyclic) bond motifs is 1. The average Bonchev–Trinajstić information content (AvgIpc) is 3.17. The Bertz CT molecular complexity index is 873. The Morgan fingerprint density at radius 1 is 1.28 bits per heavy atom. The summed E-state index contributed by atoms with van der Waals surface area (Å²) >= 11 is 1.47. The molecule has 1 aromatic carbocycles. The molecule has 5 nitrogen and oxygen atoms in total. The van der Waals surface area contributed by atoms with Crippen LogP contribution in [-0.2, 0) is 20.9 Å². The van der Waals surface area contributed by atoms with Crippen LogP contribution in [-0.4, -0.2) is 23.6 Å². The van der Waals surface area contributed by atoms with Crippen molar-refractivity contribution in [3.8, 4) is 0 Å². The molecule has 1 aliphatic carbocycles. The van der Waals surface area contributed by atoms with E-state index in [9.17, 15) is 9.59 Å². The molecule has 25 heavy (non-hydrogen) atoms. The zero-order valence-corrected chi connectivity index (χ0v) is 15.8. The zero-order chi connectivity index (χ0) is 18.0. The van der Waals surface area contributed by atoms with Crippen LogP contribution in [0.15, 0.2) is 17.1 Å². The number of methoxy groups -OCH3 is 1. The van der Waals surface area contributed by atoms with Gasteiger partial charge in [-0.1, -0.05) is 30.2 Å². The van der Waals surface area contributed by atoms with Gasteiger partial charge in [0.25, 0.3) is 0 Å². The highest BCUT2D eigenvalue weighted by molar-refractivity contribution is 7.16. The zero-order valence-electron chi connectivity index (χ0n) is 15.0. The Hall–Kier alpha value is -1.95. The molecule has 0 radical (unpaired) electrons. The summed E-state index contributed by atoms with van der Waals surface area (Å²) in [5.74, 6) is 0.0265. The molecule has 1 aliphatic rings. The van der Waals surface area contributed by atoms with Gasteiger partial charge in [0.15, 0.2) is 4.80 Å². The molecule has 0 atom stereocenters. The summed E-state index contributed by atoms with van der Waals surface area (Å²) in [5.41, 5.74) is 3.17. The van der Waals surface area contributed by atoms with Crippen molar-refractivity contribution in [1.82, 2.24) is 4.57 Å². The normalized spacial score (nSPS) is 15.9. The summed E-state index contributed by atoms with van der Waals surface area (Å²) in [6.45, 7) is 4.13. The van der Waals surface area contributed by atoms with Crippen molar-refractivity contribution in [1.29, 1.82) is 0 Å². The minimum atomic E-state index is -0.344. The van der Waals surface area contributed by atoms with E-state index in [1.54, 1.807) is 4.57 Å². The molecule has 2 aromatic rings. The van der Waals surface area contributed by atoms with Gasteiger partial charge in [0.05, 0.1) is 17.3 Å². The lowest BCUT2D eigenvalue weighted by Gasteiger charge is -2.06. The molecular weight excluding hydrogens is 336 g/mol. The molecule has 0 spiro atoms. The van der Waals surface area contributed by atoms with Gasteiger partial charge in [0.1, 0.15) is 6.54 Å². The number of aromatic nitrogens is 1. The van der Waals surface area contributed by atoms with Crippen molar-refractivity contribution in [3.63, 3.8) is 0 Å². The van der Waals surface area contributed by atoms with Crippen LogP contribution in [0.2, 0.25) is 0 Å². The van der Waals surface area contributed by atoms with Gasteiger partial charge in [0.2, 0.25) is 5.91 Å². The second-order valence-corrected chi connectivity index (χ2v) is 7.81. The Labute approximate surface area is 151 Å². The van der Waals surface area contributed by atoms with E-state index < -0.39 is 0 Å². The smallest absolute Gasteiger partial charge is 0.325 e. The molecule has 0 N–H and O–H groups in total. The summed E-state index contributed by atoms with van der Waals surface area (Å²) < 4.78 is 7.68. The van der Waals surface area contributed by atoms with Gasteiger partial charge in [-0.15, -0.1) is 0 Å². The van der Waals surface area contributed by atoms with Crippen LogP contribution < -0.4 is 4.80 Å². The third-order valence-electron chi connectivity index (χ3n) is 4.79. The Balaban J connectivity index is 2.04. The van der Waals surface area contributed by atoms with Crippen molar-refractivity contribution in [2.75, 3.05) is 7.11 Å². The van der Waals surface area contributed by atoms with Gasteiger partial charge in [-0.25, -0.2) is 0 Å². The number of esters is 1. The molecule has 1 saturated carbocycles. The van der Waals surface area contributed by atoms with Crippen molar-refractivity contribution in [3.05, 3.63) is 28.1 Å². The molecule has 0 unspecified atom stereocenters. The first-order valence-electron chi connectivity index (χ1n) is 8.73. The average molecular weight is 360 g/mol. The monoisotopic (exact) mass is 360 g/mol. The number of nitrogens with zero attached hydrogens (tertiary/aromatic N) is 2. The fourth-order valence-corrected chi connectivity index (χ4v) is 4.65. The lowest BCUT2D eigenvalue weighted by atomic mass is 10.0. The molecule has 0 aliphatic heterocycles. The number of benzene rings is 1. The number of thiazole rings is 1. The van der Waals surface area contributed by atoms with E-state index in [2.05, 4.69) is 11.1 Å². The van der Waals surface area contributed by atoms with E-state index >= 15 is 0 Å². The number of ether oxygens (including phenoxy) is 1. The van der Waals surface area contributed by atoms with Gasteiger partial charge < -0.3 is 9.30 Å². The predicted octanol–water partition coefficient (Wildman–Crippen LogP) is 3.50. The van der Waals surface area contributed by atoms with Crippen LogP contribution in [0.5, 0.6) is 0 Å². The van der Waals surface area contributed by atoms with Crippen LogP contribution in [0.3, 0.4) is 0 Å². The summed E-state index contributed by atoms with van der Waals surface area (Å²) in [4.78, 5) is 29.2.